The largest absolute Gasteiger partial charge is 0.359 e. The Morgan fingerprint density at radius 2 is 1.92 bits per heavy atom. The summed E-state index contributed by atoms with van der Waals surface area (Å²) in [5.41, 5.74) is 0.216. The second-order valence-corrected chi connectivity index (χ2v) is 9.81. The van der Waals surface area contributed by atoms with Gasteiger partial charge in [0.2, 0.25) is 10.0 Å². The molecule has 2 aliphatic rings. The Morgan fingerprint density at radius 3 is 2.54 bits per heavy atom. The third-order valence-corrected chi connectivity index (χ3v) is 7.91. The molecule has 0 aromatic heterocycles. The van der Waals surface area contributed by atoms with Crippen molar-refractivity contribution in [2.75, 3.05) is 6.61 Å². The van der Waals surface area contributed by atoms with E-state index < -0.39 is 21.7 Å². The van der Waals surface area contributed by atoms with Gasteiger partial charge in [0, 0.05) is 5.92 Å². The molecule has 1 saturated carbocycles. The molecule has 0 N–H and O–H groups in total. The molecule has 1 aliphatic heterocycles. The average Bonchev–Trinajstić information content (AvgIpc) is 3.05. The molecule has 0 spiro atoms. The SMILES string of the molecule is CC[C@@H]1CO[C@H]([C@]2(C)CCC[C@H](C)C2=O)N1S(=O)(=O)c1ccc(C)cc1. The van der Waals surface area contributed by atoms with Crippen LogP contribution in [0.1, 0.15) is 52.0 Å². The van der Waals surface area contributed by atoms with Crippen molar-refractivity contribution in [1.29, 1.82) is 0 Å². The molecule has 4 atom stereocenters. The third kappa shape index (κ3) is 3.12. The predicted octanol–water partition coefficient (Wildman–Crippen LogP) is 3.52. The summed E-state index contributed by atoms with van der Waals surface area (Å²) in [5, 5.41) is 0. The molecule has 26 heavy (non-hydrogen) atoms. The van der Waals surface area contributed by atoms with Crippen LogP contribution in [0, 0.1) is 18.3 Å². The van der Waals surface area contributed by atoms with Crippen LogP contribution in [0.2, 0.25) is 0 Å². The lowest BCUT2D eigenvalue weighted by Gasteiger charge is -2.42. The first-order valence-corrected chi connectivity index (χ1v) is 10.9. The van der Waals surface area contributed by atoms with Crippen molar-refractivity contribution >= 4 is 15.8 Å². The number of carbonyl (C=O) groups is 1. The minimum Gasteiger partial charge on any atom is -0.359 e. The van der Waals surface area contributed by atoms with Crippen molar-refractivity contribution < 1.29 is 17.9 Å². The van der Waals surface area contributed by atoms with Gasteiger partial charge in [-0.1, -0.05) is 38.0 Å². The molecule has 0 unspecified atom stereocenters. The topological polar surface area (TPSA) is 63.7 Å². The Balaban J connectivity index is 2.03. The van der Waals surface area contributed by atoms with Gasteiger partial charge in [0.05, 0.1) is 23.0 Å². The maximum atomic E-state index is 13.4. The summed E-state index contributed by atoms with van der Waals surface area (Å²) < 4.78 is 34.3. The summed E-state index contributed by atoms with van der Waals surface area (Å²) in [4.78, 5) is 13.2. The zero-order chi connectivity index (χ0) is 19.1. The van der Waals surface area contributed by atoms with Gasteiger partial charge in [-0.25, -0.2) is 8.42 Å². The van der Waals surface area contributed by atoms with Gasteiger partial charge in [-0.2, -0.15) is 4.31 Å². The van der Waals surface area contributed by atoms with Crippen LogP contribution in [0.5, 0.6) is 0 Å². The highest BCUT2D eigenvalue weighted by molar-refractivity contribution is 7.89. The summed E-state index contributed by atoms with van der Waals surface area (Å²) >= 11 is 0. The Morgan fingerprint density at radius 1 is 1.27 bits per heavy atom. The molecule has 3 rings (SSSR count). The van der Waals surface area contributed by atoms with Crippen molar-refractivity contribution in [2.45, 2.75) is 70.5 Å². The Kier molecular flexibility index (Phi) is 5.30. The molecule has 1 aromatic carbocycles. The number of sulfonamides is 1. The molecule has 0 amide bonds. The molecule has 144 valence electrons. The monoisotopic (exact) mass is 379 g/mol. The molecular formula is C20H29NO4S. The first-order valence-electron chi connectivity index (χ1n) is 9.48. The van der Waals surface area contributed by atoms with Gasteiger partial charge < -0.3 is 4.74 Å². The fraction of sp³-hybridized carbons (Fsp3) is 0.650. The van der Waals surface area contributed by atoms with E-state index in [0.29, 0.717) is 19.4 Å². The number of hydrogen-bond acceptors (Lipinski definition) is 4. The second kappa shape index (κ2) is 7.06. The maximum Gasteiger partial charge on any atom is 0.245 e. The lowest BCUT2D eigenvalue weighted by atomic mass is 9.69. The van der Waals surface area contributed by atoms with E-state index in [-0.39, 0.29) is 22.6 Å². The van der Waals surface area contributed by atoms with Gasteiger partial charge in [0.25, 0.3) is 0 Å². The standard InChI is InChI=1S/C20H29NO4S/c1-5-16-13-25-19(20(4)12-6-7-15(3)18(20)22)21(16)26(23,24)17-10-8-14(2)9-11-17/h8-11,15-16,19H,5-7,12-13H2,1-4H3/t15-,16+,19+,20+/m0/s1. The molecule has 0 bridgehead atoms. The minimum absolute atomic E-state index is 0.0537. The van der Waals surface area contributed by atoms with Crippen LogP contribution in [-0.2, 0) is 19.6 Å². The molecule has 1 aliphatic carbocycles. The highest BCUT2D eigenvalue weighted by atomic mass is 32.2. The van der Waals surface area contributed by atoms with Crippen LogP contribution in [0.3, 0.4) is 0 Å². The van der Waals surface area contributed by atoms with Crippen LogP contribution >= 0.6 is 0 Å². The van der Waals surface area contributed by atoms with Crippen molar-refractivity contribution in [1.82, 2.24) is 4.31 Å². The number of aryl methyl sites for hydroxylation is 1. The number of hydrogen-bond donors (Lipinski definition) is 0. The van der Waals surface area contributed by atoms with Crippen LogP contribution in [0.4, 0.5) is 0 Å². The van der Waals surface area contributed by atoms with Gasteiger partial charge in [-0.3, -0.25) is 4.79 Å². The normalized spacial score (nSPS) is 33.5. The van der Waals surface area contributed by atoms with Crippen molar-refractivity contribution in [3.8, 4) is 0 Å². The number of benzene rings is 1. The van der Waals surface area contributed by atoms with Gasteiger partial charge in [-0.05, 0) is 45.2 Å². The lowest BCUT2D eigenvalue weighted by molar-refractivity contribution is -0.147. The molecular weight excluding hydrogens is 350 g/mol. The fourth-order valence-electron chi connectivity index (χ4n) is 4.30. The number of ketones is 1. The number of Topliss-reactive ketones (excluding diaryl/α,β-unsaturated/α-hetero) is 1. The van der Waals surface area contributed by atoms with E-state index in [2.05, 4.69) is 0 Å². The van der Waals surface area contributed by atoms with Gasteiger partial charge >= 0.3 is 0 Å². The second-order valence-electron chi connectivity index (χ2n) is 7.97. The van der Waals surface area contributed by atoms with E-state index >= 15 is 0 Å². The Hall–Kier alpha value is -1.24. The smallest absolute Gasteiger partial charge is 0.245 e. The van der Waals surface area contributed by atoms with Crippen LogP contribution in [-0.4, -0.2) is 37.4 Å². The van der Waals surface area contributed by atoms with E-state index in [9.17, 15) is 13.2 Å². The highest BCUT2D eigenvalue weighted by Gasteiger charge is 2.55. The zero-order valence-electron chi connectivity index (χ0n) is 16.1. The Labute approximate surface area is 156 Å². The van der Waals surface area contributed by atoms with E-state index in [1.807, 2.05) is 27.7 Å². The molecule has 1 heterocycles. The molecule has 0 radical (unpaired) electrons. The zero-order valence-corrected chi connectivity index (χ0v) is 16.9. The van der Waals surface area contributed by atoms with Crippen molar-refractivity contribution in [3.05, 3.63) is 29.8 Å². The van der Waals surface area contributed by atoms with Crippen LogP contribution in [0.25, 0.3) is 0 Å². The number of rotatable bonds is 4. The molecule has 1 aromatic rings. The van der Waals surface area contributed by atoms with Crippen molar-refractivity contribution in [3.63, 3.8) is 0 Å². The summed E-state index contributed by atoms with van der Waals surface area (Å²) in [5.74, 6) is 0.0663. The molecule has 1 saturated heterocycles. The number of ether oxygens (including phenoxy) is 1. The Bertz CT molecular complexity index is 774. The van der Waals surface area contributed by atoms with Gasteiger partial charge in [0.15, 0.2) is 0 Å². The van der Waals surface area contributed by atoms with Gasteiger partial charge in [0.1, 0.15) is 12.0 Å². The van der Waals surface area contributed by atoms with Gasteiger partial charge in [-0.15, -0.1) is 0 Å². The summed E-state index contributed by atoms with van der Waals surface area (Å²) in [6.45, 7) is 8.04. The van der Waals surface area contributed by atoms with Crippen LogP contribution in [0.15, 0.2) is 29.2 Å². The highest BCUT2D eigenvalue weighted by Crippen LogP contribution is 2.45. The first kappa shape index (κ1) is 19.5. The number of nitrogens with zero attached hydrogens (tertiary/aromatic N) is 1. The molecule has 5 nitrogen and oxygen atoms in total. The predicted molar refractivity (Wildman–Crippen MR) is 100 cm³/mol. The third-order valence-electron chi connectivity index (χ3n) is 5.99. The maximum absolute atomic E-state index is 13.4. The average molecular weight is 380 g/mol. The quantitative estimate of drug-likeness (QED) is 0.803. The minimum atomic E-state index is -3.74. The van der Waals surface area contributed by atoms with Crippen molar-refractivity contribution in [2.24, 2.45) is 11.3 Å². The summed E-state index contributed by atoms with van der Waals surface area (Å²) in [7, 11) is -3.74. The van der Waals surface area contributed by atoms with E-state index in [0.717, 1.165) is 18.4 Å². The molecule has 2 fully saturated rings. The number of carbonyl (C=O) groups excluding carboxylic acids is 1. The summed E-state index contributed by atoms with van der Waals surface area (Å²) in [6, 6.07) is 6.64. The van der Waals surface area contributed by atoms with E-state index in [1.165, 1.54) is 4.31 Å². The summed E-state index contributed by atoms with van der Waals surface area (Å²) in [6.07, 6.45) is 2.37. The lowest BCUT2D eigenvalue weighted by Crippen LogP contribution is -2.54. The first-order chi connectivity index (χ1) is 12.2. The molecule has 6 heteroatoms. The van der Waals surface area contributed by atoms with E-state index in [1.54, 1.807) is 24.3 Å². The van der Waals surface area contributed by atoms with Crippen LogP contribution < -0.4 is 0 Å². The van der Waals surface area contributed by atoms with E-state index in [4.69, 9.17) is 4.74 Å². The fourth-order valence-corrected chi connectivity index (χ4v) is 6.17.